The molecule has 0 spiro atoms. The fraction of sp³-hybridized carbons (Fsp3) is 0.917. The highest BCUT2D eigenvalue weighted by Gasteiger charge is 2.27. The second-order valence-corrected chi connectivity index (χ2v) is 5.10. The molecule has 0 aliphatic heterocycles. The van der Waals surface area contributed by atoms with Crippen LogP contribution in [0.15, 0.2) is 0 Å². The molecule has 0 saturated carbocycles. The van der Waals surface area contributed by atoms with Crippen molar-refractivity contribution in [3.05, 3.63) is 0 Å². The largest absolute Gasteiger partial charge is 0.354 e. The second kappa shape index (κ2) is 6.11. The number of nitrogens with one attached hydrogen (secondary N) is 1. The molecule has 0 aliphatic carbocycles. The molecule has 0 heterocycles. The number of rotatable bonds is 6. The Kier molecular flexibility index (Phi) is 5.88. The lowest BCUT2D eigenvalue weighted by molar-refractivity contribution is -0.126. The molecule has 0 bridgehead atoms. The van der Waals surface area contributed by atoms with E-state index in [-0.39, 0.29) is 5.91 Å². The molecule has 15 heavy (non-hydrogen) atoms. The van der Waals surface area contributed by atoms with E-state index in [2.05, 4.69) is 26.1 Å². The monoisotopic (exact) mass is 214 g/mol. The van der Waals surface area contributed by atoms with E-state index in [4.69, 9.17) is 5.73 Å². The van der Waals surface area contributed by atoms with Gasteiger partial charge in [-0.05, 0) is 25.2 Å². The lowest BCUT2D eigenvalue weighted by atomic mass is 9.94. The highest BCUT2D eigenvalue weighted by Crippen LogP contribution is 2.11. The molecule has 0 fully saturated rings. The standard InChI is InChI=1S/C12H26N2O/c1-6-7-12(5,13)11(15)14-8-10(4)9(2)3/h9-10H,6-8,13H2,1-5H3,(H,14,15). The lowest BCUT2D eigenvalue weighted by Crippen LogP contribution is -2.52. The van der Waals surface area contributed by atoms with Gasteiger partial charge in [-0.1, -0.05) is 34.1 Å². The fourth-order valence-electron chi connectivity index (χ4n) is 1.32. The second-order valence-electron chi connectivity index (χ2n) is 5.10. The number of nitrogens with two attached hydrogens (primary N) is 1. The van der Waals surface area contributed by atoms with Crippen LogP contribution in [0.25, 0.3) is 0 Å². The summed E-state index contributed by atoms with van der Waals surface area (Å²) in [4.78, 5) is 11.7. The van der Waals surface area contributed by atoms with Crippen LogP contribution in [0.5, 0.6) is 0 Å². The van der Waals surface area contributed by atoms with Gasteiger partial charge in [0.25, 0.3) is 0 Å². The maximum Gasteiger partial charge on any atom is 0.239 e. The van der Waals surface area contributed by atoms with Crippen molar-refractivity contribution in [3.63, 3.8) is 0 Å². The van der Waals surface area contributed by atoms with Crippen molar-refractivity contribution in [2.75, 3.05) is 6.54 Å². The van der Waals surface area contributed by atoms with Crippen LogP contribution in [0.4, 0.5) is 0 Å². The van der Waals surface area contributed by atoms with E-state index in [1.165, 1.54) is 0 Å². The van der Waals surface area contributed by atoms with Crippen molar-refractivity contribution in [1.82, 2.24) is 5.32 Å². The fourth-order valence-corrected chi connectivity index (χ4v) is 1.32. The molecule has 3 N–H and O–H groups in total. The van der Waals surface area contributed by atoms with E-state index in [9.17, 15) is 4.79 Å². The van der Waals surface area contributed by atoms with Gasteiger partial charge >= 0.3 is 0 Å². The van der Waals surface area contributed by atoms with E-state index < -0.39 is 5.54 Å². The third-order valence-electron chi connectivity index (χ3n) is 3.01. The minimum Gasteiger partial charge on any atom is -0.354 e. The maximum absolute atomic E-state index is 11.7. The van der Waals surface area contributed by atoms with E-state index in [0.29, 0.717) is 18.4 Å². The van der Waals surface area contributed by atoms with Gasteiger partial charge in [0.05, 0.1) is 5.54 Å². The van der Waals surface area contributed by atoms with Crippen LogP contribution in [0.3, 0.4) is 0 Å². The van der Waals surface area contributed by atoms with Gasteiger partial charge in [-0.2, -0.15) is 0 Å². The summed E-state index contributed by atoms with van der Waals surface area (Å²) >= 11 is 0. The predicted molar refractivity (Wildman–Crippen MR) is 64.5 cm³/mol. The van der Waals surface area contributed by atoms with Crippen molar-refractivity contribution in [2.45, 2.75) is 53.0 Å². The summed E-state index contributed by atoms with van der Waals surface area (Å²) in [5, 5.41) is 2.92. The normalized spacial score (nSPS) is 17.3. The quantitative estimate of drug-likeness (QED) is 0.709. The van der Waals surface area contributed by atoms with Gasteiger partial charge in [0.15, 0.2) is 0 Å². The first-order valence-electron chi connectivity index (χ1n) is 5.88. The molecule has 0 radical (unpaired) electrons. The summed E-state index contributed by atoms with van der Waals surface area (Å²) in [6.07, 6.45) is 1.66. The molecule has 0 aromatic heterocycles. The van der Waals surface area contributed by atoms with Crippen LogP contribution in [0, 0.1) is 11.8 Å². The highest BCUT2D eigenvalue weighted by molar-refractivity contribution is 5.85. The Bertz CT molecular complexity index is 200. The third-order valence-corrected chi connectivity index (χ3v) is 3.01. The van der Waals surface area contributed by atoms with Gasteiger partial charge in [-0.25, -0.2) is 0 Å². The topological polar surface area (TPSA) is 55.1 Å². The van der Waals surface area contributed by atoms with E-state index in [1.807, 2.05) is 6.92 Å². The highest BCUT2D eigenvalue weighted by atomic mass is 16.2. The number of amides is 1. The van der Waals surface area contributed by atoms with Crippen molar-refractivity contribution >= 4 is 5.91 Å². The SMILES string of the molecule is CCCC(C)(N)C(=O)NCC(C)C(C)C. The minimum absolute atomic E-state index is 0.0307. The molecule has 3 nitrogen and oxygen atoms in total. The molecular formula is C12H26N2O. The summed E-state index contributed by atoms with van der Waals surface area (Å²) in [5.41, 5.74) is 5.20. The molecule has 1 amide bonds. The molecule has 2 unspecified atom stereocenters. The van der Waals surface area contributed by atoms with E-state index in [1.54, 1.807) is 6.92 Å². The van der Waals surface area contributed by atoms with Crippen LogP contribution in [0.2, 0.25) is 0 Å². The molecule has 3 heteroatoms. The van der Waals surface area contributed by atoms with Gasteiger partial charge in [0.1, 0.15) is 0 Å². The van der Waals surface area contributed by atoms with Gasteiger partial charge < -0.3 is 11.1 Å². The Labute approximate surface area is 93.8 Å². The average Bonchev–Trinajstić information content (AvgIpc) is 2.13. The van der Waals surface area contributed by atoms with E-state index >= 15 is 0 Å². The van der Waals surface area contributed by atoms with Crippen LogP contribution in [0.1, 0.15) is 47.5 Å². The summed E-state index contributed by atoms with van der Waals surface area (Å²) < 4.78 is 0. The molecule has 0 aromatic rings. The van der Waals surface area contributed by atoms with Crippen molar-refractivity contribution < 1.29 is 4.79 Å². The Morgan fingerprint density at radius 2 is 1.93 bits per heavy atom. The molecule has 0 rings (SSSR count). The zero-order valence-corrected chi connectivity index (χ0v) is 10.8. The van der Waals surface area contributed by atoms with E-state index in [0.717, 1.165) is 12.8 Å². The van der Waals surface area contributed by atoms with Gasteiger partial charge in [0.2, 0.25) is 5.91 Å². The minimum atomic E-state index is -0.717. The smallest absolute Gasteiger partial charge is 0.239 e. The van der Waals surface area contributed by atoms with Crippen molar-refractivity contribution in [1.29, 1.82) is 0 Å². The summed E-state index contributed by atoms with van der Waals surface area (Å²) in [7, 11) is 0. The predicted octanol–water partition coefficient (Wildman–Crippen LogP) is 1.91. The molecular weight excluding hydrogens is 188 g/mol. The third kappa shape index (κ3) is 5.17. The molecule has 2 atom stereocenters. The first-order valence-corrected chi connectivity index (χ1v) is 5.88. The summed E-state index contributed by atoms with van der Waals surface area (Å²) in [5.74, 6) is 1.05. The number of carbonyl (C=O) groups excluding carboxylic acids is 1. The Hall–Kier alpha value is -0.570. The lowest BCUT2D eigenvalue weighted by Gasteiger charge is -2.24. The molecule has 90 valence electrons. The first-order chi connectivity index (χ1) is 6.81. The van der Waals surface area contributed by atoms with Crippen LogP contribution < -0.4 is 11.1 Å². The Balaban J connectivity index is 4.03. The van der Waals surface area contributed by atoms with Gasteiger partial charge in [-0.15, -0.1) is 0 Å². The molecule has 0 saturated heterocycles. The Morgan fingerprint density at radius 3 is 2.33 bits per heavy atom. The number of hydrogen-bond acceptors (Lipinski definition) is 2. The zero-order valence-electron chi connectivity index (χ0n) is 10.8. The summed E-state index contributed by atoms with van der Waals surface area (Å²) in [6.45, 7) is 11.0. The number of hydrogen-bond donors (Lipinski definition) is 2. The van der Waals surface area contributed by atoms with Crippen LogP contribution in [-0.4, -0.2) is 18.0 Å². The van der Waals surface area contributed by atoms with Gasteiger partial charge in [0, 0.05) is 6.54 Å². The number of carbonyl (C=O) groups is 1. The van der Waals surface area contributed by atoms with Crippen molar-refractivity contribution in [2.24, 2.45) is 17.6 Å². The van der Waals surface area contributed by atoms with Crippen LogP contribution in [-0.2, 0) is 4.79 Å². The Morgan fingerprint density at radius 1 is 1.40 bits per heavy atom. The van der Waals surface area contributed by atoms with Gasteiger partial charge in [-0.3, -0.25) is 4.79 Å². The molecule has 0 aromatic carbocycles. The first kappa shape index (κ1) is 14.4. The molecule has 0 aliphatic rings. The van der Waals surface area contributed by atoms with Crippen molar-refractivity contribution in [3.8, 4) is 0 Å². The zero-order chi connectivity index (χ0) is 12.1. The average molecular weight is 214 g/mol. The summed E-state index contributed by atoms with van der Waals surface area (Å²) in [6, 6.07) is 0. The maximum atomic E-state index is 11.7. The van der Waals surface area contributed by atoms with Crippen LogP contribution >= 0.6 is 0 Å².